The second kappa shape index (κ2) is 5.66. The number of benzene rings is 2. The predicted octanol–water partition coefficient (Wildman–Crippen LogP) is 4.80. The Labute approximate surface area is 105 Å². The van der Waals surface area contributed by atoms with Crippen LogP contribution in [-0.4, -0.2) is 0 Å². The highest BCUT2D eigenvalue weighted by Gasteiger charge is 1.95. The van der Waals surface area contributed by atoms with Gasteiger partial charge in [0.2, 0.25) is 0 Å². The molecule has 0 N–H and O–H groups in total. The van der Waals surface area contributed by atoms with Crippen molar-refractivity contribution in [1.29, 1.82) is 0 Å². The molecule has 0 spiro atoms. The number of rotatable bonds is 3. The third kappa shape index (κ3) is 2.83. The van der Waals surface area contributed by atoms with Crippen molar-refractivity contribution in [2.24, 2.45) is 0 Å². The first-order chi connectivity index (χ1) is 7.90. The van der Waals surface area contributed by atoms with Gasteiger partial charge in [0, 0.05) is 0 Å². The fourth-order valence-corrected chi connectivity index (χ4v) is 1.83. The molecule has 0 atom stereocenters. The Morgan fingerprint density at radius 2 is 1.44 bits per heavy atom. The van der Waals surface area contributed by atoms with Gasteiger partial charge in [-0.3, -0.25) is 0 Å². The van der Waals surface area contributed by atoms with Gasteiger partial charge in [0.25, 0.3) is 0 Å². The van der Waals surface area contributed by atoms with Gasteiger partial charge in [-0.2, -0.15) is 0 Å². The van der Waals surface area contributed by atoms with Crippen LogP contribution < -0.4 is 0 Å². The van der Waals surface area contributed by atoms with E-state index in [1.165, 1.54) is 16.7 Å². The van der Waals surface area contributed by atoms with Crippen molar-refractivity contribution >= 4 is 15.9 Å². The minimum Gasteiger partial charge on any atom is -0.0732 e. The van der Waals surface area contributed by atoms with Crippen molar-refractivity contribution in [1.82, 2.24) is 0 Å². The van der Waals surface area contributed by atoms with Crippen LogP contribution in [0.3, 0.4) is 0 Å². The summed E-state index contributed by atoms with van der Waals surface area (Å²) in [5.41, 5.74) is 3.87. The Hall–Kier alpha value is -1.34. The average Bonchev–Trinajstić information content (AvgIpc) is 2.38. The van der Waals surface area contributed by atoms with Crippen LogP contribution in [0, 0.1) is 0 Å². The molecule has 1 heteroatoms. The second-order valence-electron chi connectivity index (χ2n) is 3.63. The van der Waals surface area contributed by atoms with E-state index < -0.39 is 0 Å². The zero-order chi connectivity index (χ0) is 11.2. The van der Waals surface area contributed by atoms with Crippen LogP contribution in [0.1, 0.15) is 5.56 Å². The first-order valence-corrected chi connectivity index (χ1v) is 6.21. The van der Waals surface area contributed by atoms with Crippen LogP contribution in [0.2, 0.25) is 0 Å². The van der Waals surface area contributed by atoms with Crippen molar-refractivity contribution in [3.8, 4) is 11.1 Å². The zero-order valence-corrected chi connectivity index (χ0v) is 10.5. The molecule has 0 aliphatic rings. The monoisotopic (exact) mass is 272 g/mol. The van der Waals surface area contributed by atoms with Crippen LogP contribution >= 0.6 is 15.9 Å². The first kappa shape index (κ1) is 11.2. The third-order valence-corrected chi connectivity index (χ3v) is 2.88. The molecular formula is C15H13Br. The molecule has 0 aromatic heterocycles. The maximum absolute atomic E-state index is 3.28. The second-order valence-corrected chi connectivity index (χ2v) is 4.16. The Kier molecular flexibility index (Phi) is 3.95. The lowest BCUT2D eigenvalue weighted by Crippen LogP contribution is -1.81. The summed E-state index contributed by atoms with van der Waals surface area (Å²) in [7, 11) is 0. The van der Waals surface area contributed by atoms with E-state index in [0.29, 0.717) is 0 Å². The van der Waals surface area contributed by atoms with Crippen LogP contribution in [0.5, 0.6) is 0 Å². The highest BCUT2D eigenvalue weighted by atomic mass is 79.9. The first-order valence-electron chi connectivity index (χ1n) is 5.30. The number of hydrogen-bond donors (Lipinski definition) is 0. The minimum atomic E-state index is 0.973. The van der Waals surface area contributed by atoms with Crippen molar-refractivity contribution < 1.29 is 0 Å². The lowest BCUT2D eigenvalue weighted by Gasteiger charge is -2.02. The van der Waals surface area contributed by atoms with E-state index >= 15 is 0 Å². The van der Waals surface area contributed by atoms with Gasteiger partial charge in [-0.1, -0.05) is 76.6 Å². The standard InChI is InChI=1S/C15H13Br/c16-12-4-5-13-8-10-15(11-9-13)14-6-2-1-3-7-14/h1-4,6-12H,5H2/b12-4+. The quantitative estimate of drug-likeness (QED) is 0.753. The highest BCUT2D eigenvalue weighted by Crippen LogP contribution is 2.19. The van der Waals surface area contributed by atoms with Crippen LogP contribution in [0.15, 0.2) is 65.7 Å². The lowest BCUT2D eigenvalue weighted by molar-refractivity contribution is 1.28. The molecular weight excluding hydrogens is 260 g/mol. The van der Waals surface area contributed by atoms with Crippen molar-refractivity contribution in [2.45, 2.75) is 6.42 Å². The summed E-state index contributed by atoms with van der Waals surface area (Å²) in [5, 5.41) is 0. The summed E-state index contributed by atoms with van der Waals surface area (Å²) in [5.74, 6) is 0. The Morgan fingerprint density at radius 1 is 0.812 bits per heavy atom. The summed E-state index contributed by atoms with van der Waals surface area (Å²) in [4.78, 5) is 1.90. The van der Waals surface area contributed by atoms with Crippen LogP contribution in [0.4, 0.5) is 0 Å². The van der Waals surface area contributed by atoms with Crippen LogP contribution in [0.25, 0.3) is 11.1 Å². The summed E-state index contributed by atoms with van der Waals surface area (Å²) < 4.78 is 0. The molecule has 0 saturated carbocycles. The van der Waals surface area contributed by atoms with E-state index in [-0.39, 0.29) is 0 Å². The van der Waals surface area contributed by atoms with Gasteiger partial charge < -0.3 is 0 Å². The van der Waals surface area contributed by atoms with Gasteiger partial charge in [0.15, 0.2) is 0 Å². The molecule has 0 amide bonds. The molecule has 16 heavy (non-hydrogen) atoms. The molecule has 80 valence electrons. The van der Waals surface area contributed by atoms with E-state index in [1.807, 2.05) is 11.1 Å². The number of halogens is 1. The molecule has 0 aliphatic carbocycles. The summed E-state index contributed by atoms with van der Waals surface area (Å²) in [6.45, 7) is 0. The highest BCUT2D eigenvalue weighted by molar-refractivity contribution is 9.11. The van der Waals surface area contributed by atoms with Crippen LogP contribution in [-0.2, 0) is 6.42 Å². The SMILES string of the molecule is Br/C=C/Cc1ccc(-c2ccccc2)cc1. The van der Waals surface area contributed by atoms with Gasteiger partial charge in [-0.25, -0.2) is 0 Å². The Morgan fingerprint density at radius 3 is 2.06 bits per heavy atom. The molecule has 2 aromatic carbocycles. The van der Waals surface area contributed by atoms with Crippen molar-refractivity contribution in [3.63, 3.8) is 0 Å². The molecule has 2 aromatic rings. The van der Waals surface area contributed by atoms with E-state index in [0.717, 1.165) is 6.42 Å². The maximum Gasteiger partial charge on any atom is -0.00892 e. The lowest BCUT2D eigenvalue weighted by atomic mass is 10.0. The van der Waals surface area contributed by atoms with Gasteiger partial charge in [-0.05, 0) is 28.1 Å². The summed E-state index contributed by atoms with van der Waals surface area (Å²) in [6, 6.07) is 19.1. The zero-order valence-electron chi connectivity index (χ0n) is 8.94. The van der Waals surface area contributed by atoms with E-state index in [1.54, 1.807) is 0 Å². The van der Waals surface area contributed by atoms with Crippen molar-refractivity contribution in [2.75, 3.05) is 0 Å². The van der Waals surface area contributed by atoms with E-state index in [4.69, 9.17) is 0 Å². The van der Waals surface area contributed by atoms with Crippen molar-refractivity contribution in [3.05, 3.63) is 71.2 Å². The smallest absolute Gasteiger partial charge is 0.00892 e. The fraction of sp³-hybridized carbons (Fsp3) is 0.0667. The van der Waals surface area contributed by atoms with E-state index in [9.17, 15) is 0 Å². The average molecular weight is 273 g/mol. The summed E-state index contributed by atoms with van der Waals surface area (Å²) >= 11 is 3.28. The largest absolute Gasteiger partial charge is 0.0732 e. The number of allylic oxidation sites excluding steroid dienone is 1. The van der Waals surface area contributed by atoms with Gasteiger partial charge >= 0.3 is 0 Å². The number of hydrogen-bond acceptors (Lipinski definition) is 0. The van der Waals surface area contributed by atoms with Gasteiger partial charge in [0.1, 0.15) is 0 Å². The molecule has 0 nitrogen and oxygen atoms in total. The molecule has 0 fully saturated rings. The molecule has 2 rings (SSSR count). The molecule has 0 saturated heterocycles. The normalized spacial score (nSPS) is 10.8. The Bertz CT molecular complexity index is 455. The predicted molar refractivity (Wildman–Crippen MR) is 73.6 cm³/mol. The molecule has 0 aliphatic heterocycles. The Balaban J connectivity index is 2.20. The summed E-state index contributed by atoms with van der Waals surface area (Å²) in [6.07, 6.45) is 3.07. The third-order valence-electron chi connectivity index (χ3n) is 2.50. The molecule has 0 bridgehead atoms. The fourth-order valence-electron chi connectivity index (χ4n) is 1.64. The molecule has 0 unspecified atom stereocenters. The molecule has 0 radical (unpaired) electrons. The van der Waals surface area contributed by atoms with Gasteiger partial charge in [-0.15, -0.1) is 0 Å². The molecule has 0 heterocycles. The maximum atomic E-state index is 3.28. The van der Waals surface area contributed by atoms with Gasteiger partial charge in [0.05, 0.1) is 0 Å². The topological polar surface area (TPSA) is 0 Å². The minimum absolute atomic E-state index is 0.973. The van der Waals surface area contributed by atoms with E-state index in [2.05, 4.69) is 70.5 Å².